The van der Waals surface area contributed by atoms with E-state index >= 15 is 0 Å². The number of rotatable bonds is 5. The summed E-state index contributed by atoms with van der Waals surface area (Å²) < 4.78 is 14.3. The minimum Gasteiger partial charge on any atom is -0.493 e. The van der Waals surface area contributed by atoms with Gasteiger partial charge in [-0.15, -0.1) is 0 Å². The molecule has 0 radical (unpaired) electrons. The van der Waals surface area contributed by atoms with Gasteiger partial charge in [0.15, 0.2) is 11.5 Å². The topological polar surface area (TPSA) is 57.8 Å². The van der Waals surface area contributed by atoms with Gasteiger partial charge in [0, 0.05) is 31.8 Å². The maximum atomic E-state index is 12.8. The highest BCUT2D eigenvalue weighted by molar-refractivity contribution is 5.70. The molecule has 6 heteroatoms. The van der Waals surface area contributed by atoms with E-state index in [1.165, 1.54) is 0 Å². The van der Waals surface area contributed by atoms with Gasteiger partial charge in [-0.2, -0.15) is 0 Å². The zero-order valence-corrected chi connectivity index (χ0v) is 15.3. The Labute approximate surface area is 147 Å². The van der Waals surface area contributed by atoms with Crippen LogP contribution in [-0.2, 0) is 20.0 Å². The second-order valence-electron chi connectivity index (χ2n) is 6.23. The molecule has 0 N–H and O–H groups in total. The minimum atomic E-state index is -0.0341. The monoisotopic (exact) mass is 343 g/mol. The highest BCUT2D eigenvalue weighted by Gasteiger charge is 2.21. The number of methoxy groups -OCH3 is 2. The van der Waals surface area contributed by atoms with Crippen molar-refractivity contribution >= 4 is 0 Å². The van der Waals surface area contributed by atoms with Crippen LogP contribution in [0.25, 0.3) is 11.3 Å². The van der Waals surface area contributed by atoms with Crippen LogP contribution in [0.1, 0.15) is 25.3 Å². The molecule has 3 rings (SSSR count). The third-order valence-electron chi connectivity index (χ3n) is 4.69. The molecule has 0 atom stereocenters. The molecule has 1 aromatic heterocycles. The van der Waals surface area contributed by atoms with Crippen molar-refractivity contribution in [3.8, 4) is 22.8 Å². The third-order valence-corrected chi connectivity index (χ3v) is 4.69. The lowest BCUT2D eigenvalue weighted by Crippen LogP contribution is -2.40. The van der Waals surface area contributed by atoms with Gasteiger partial charge in [0.05, 0.1) is 19.9 Å². The van der Waals surface area contributed by atoms with Crippen LogP contribution in [0.2, 0.25) is 0 Å². The summed E-state index contributed by atoms with van der Waals surface area (Å²) in [7, 11) is 5.04. The first-order chi connectivity index (χ1) is 12.1. The van der Waals surface area contributed by atoms with E-state index in [2.05, 4.69) is 11.9 Å². The number of aromatic nitrogens is 2. The SMILES string of the molecule is CCCC/N=c1/cc2n(c(=O)n1C)CCc1cc(OC)c(OC)cc1-2. The Bertz CT molecular complexity index is 909. The lowest BCUT2D eigenvalue weighted by atomic mass is 9.97. The molecule has 0 saturated heterocycles. The largest absolute Gasteiger partial charge is 0.493 e. The summed E-state index contributed by atoms with van der Waals surface area (Å²) in [6, 6.07) is 5.96. The number of hydrogen-bond acceptors (Lipinski definition) is 4. The van der Waals surface area contributed by atoms with E-state index in [0.29, 0.717) is 23.5 Å². The lowest BCUT2D eigenvalue weighted by Gasteiger charge is -2.24. The van der Waals surface area contributed by atoms with Crippen LogP contribution in [0.4, 0.5) is 0 Å². The zero-order chi connectivity index (χ0) is 18.0. The smallest absolute Gasteiger partial charge is 0.329 e. The quantitative estimate of drug-likeness (QED) is 0.782. The molecule has 0 amide bonds. The molecule has 0 spiro atoms. The molecule has 2 aromatic rings. The van der Waals surface area contributed by atoms with E-state index in [0.717, 1.165) is 42.6 Å². The average Bonchev–Trinajstić information content (AvgIpc) is 2.64. The highest BCUT2D eigenvalue weighted by atomic mass is 16.5. The average molecular weight is 343 g/mol. The van der Waals surface area contributed by atoms with E-state index in [1.807, 2.05) is 22.8 Å². The van der Waals surface area contributed by atoms with Gasteiger partial charge >= 0.3 is 5.69 Å². The molecule has 134 valence electrons. The van der Waals surface area contributed by atoms with E-state index in [4.69, 9.17) is 9.47 Å². The maximum Gasteiger partial charge on any atom is 0.329 e. The summed E-state index contributed by atoms with van der Waals surface area (Å²) in [5, 5.41) is 0. The normalized spacial score (nSPS) is 13.4. The molecule has 2 heterocycles. The van der Waals surface area contributed by atoms with Gasteiger partial charge in [-0.25, -0.2) is 4.79 Å². The lowest BCUT2D eigenvalue weighted by molar-refractivity contribution is 0.354. The Balaban J connectivity index is 2.21. The Morgan fingerprint density at radius 1 is 1.16 bits per heavy atom. The second-order valence-corrected chi connectivity index (χ2v) is 6.23. The number of hydrogen-bond donors (Lipinski definition) is 0. The fraction of sp³-hybridized carbons (Fsp3) is 0.474. The van der Waals surface area contributed by atoms with Crippen LogP contribution in [0.5, 0.6) is 11.5 Å². The Hall–Kier alpha value is -2.50. The van der Waals surface area contributed by atoms with Crippen molar-refractivity contribution in [3.05, 3.63) is 39.7 Å². The number of ether oxygens (including phenoxy) is 2. The molecule has 1 aromatic carbocycles. The second kappa shape index (κ2) is 7.17. The summed E-state index contributed by atoms with van der Waals surface area (Å²) in [6.07, 6.45) is 2.88. The number of nitrogens with zero attached hydrogens (tertiary/aromatic N) is 3. The molecule has 6 nitrogen and oxygen atoms in total. The van der Waals surface area contributed by atoms with Crippen LogP contribution in [0.15, 0.2) is 28.0 Å². The van der Waals surface area contributed by atoms with Crippen molar-refractivity contribution in [1.29, 1.82) is 0 Å². The first-order valence-corrected chi connectivity index (χ1v) is 8.67. The summed E-state index contributed by atoms with van der Waals surface area (Å²) in [5.74, 6) is 1.38. The van der Waals surface area contributed by atoms with Gasteiger partial charge in [-0.05, 0) is 30.5 Å². The molecule has 0 aliphatic carbocycles. The highest BCUT2D eigenvalue weighted by Crippen LogP contribution is 2.37. The van der Waals surface area contributed by atoms with Crippen LogP contribution in [0, 0.1) is 0 Å². The predicted octanol–water partition coefficient (Wildman–Crippen LogP) is 2.13. The third kappa shape index (κ3) is 3.08. The first kappa shape index (κ1) is 17.3. The fourth-order valence-electron chi connectivity index (χ4n) is 3.22. The summed E-state index contributed by atoms with van der Waals surface area (Å²) in [4.78, 5) is 17.4. The van der Waals surface area contributed by atoms with Gasteiger partial charge in [-0.3, -0.25) is 14.1 Å². The van der Waals surface area contributed by atoms with Gasteiger partial charge in [0.1, 0.15) is 5.49 Å². The van der Waals surface area contributed by atoms with Gasteiger partial charge in [-0.1, -0.05) is 13.3 Å². The van der Waals surface area contributed by atoms with Crippen molar-refractivity contribution < 1.29 is 9.47 Å². The van der Waals surface area contributed by atoms with E-state index in [1.54, 1.807) is 25.8 Å². The number of fused-ring (bicyclic) bond motifs is 3. The summed E-state index contributed by atoms with van der Waals surface area (Å²) >= 11 is 0. The summed E-state index contributed by atoms with van der Waals surface area (Å²) in [5.41, 5.74) is 3.74. The van der Waals surface area contributed by atoms with Crippen molar-refractivity contribution in [3.63, 3.8) is 0 Å². The van der Waals surface area contributed by atoms with Gasteiger partial charge in [0.25, 0.3) is 0 Å². The van der Waals surface area contributed by atoms with Crippen LogP contribution >= 0.6 is 0 Å². The molecule has 1 aliphatic heterocycles. The van der Waals surface area contributed by atoms with E-state index < -0.39 is 0 Å². The van der Waals surface area contributed by atoms with Crippen LogP contribution < -0.4 is 20.7 Å². The van der Waals surface area contributed by atoms with E-state index in [9.17, 15) is 4.79 Å². The van der Waals surface area contributed by atoms with Gasteiger partial charge < -0.3 is 9.47 Å². The molecular weight excluding hydrogens is 318 g/mol. The van der Waals surface area contributed by atoms with Crippen molar-refractivity contribution in [2.75, 3.05) is 20.8 Å². The molecule has 0 saturated carbocycles. The maximum absolute atomic E-state index is 12.8. The first-order valence-electron chi connectivity index (χ1n) is 8.67. The Kier molecular flexibility index (Phi) is 4.97. The zero-order valence-electron chi connectivity index (χ0n) is 15.3. The molecule has 25 heavy (non-hydrogen) atoms. The fourth-order valence-corrected chi connectivity index (χ4v) is 3.22. The molecule has 0 unspecified atom stereocenters. The predicted molar refractivity (Wildman–Crippen MR) is 97.3 cm³/mol. The number of unbranched alkanes of at least 4 members (excludes halogenated alkanes) is 1. The van der Waals surface area contributed by atoms with Crippen LogP contribution in [0.3, 0.4) is 0 Å². The van der Waals surface area contributed by atoms with Crippen molar-refractivity contribution in [1.82, 2.24) is 9.13 Å². The van der Waals surface area contributed by atoms with Gasteiger partial charge in [0.2, 0.25) is 0 Å². The molecule has 0 bridgehead atoms. The standard InChI is InChI=1S/C19H25N3O3/c1-5-6-8-20-18-12-15-14-11-17(25-4)16(24-3)10-13(14)7-9-22(15)19(23)21(18)2/h10-12H,5-9H2,1-4H3/b20-18-. The van der Waals surface area contributed by atoms with E-state index in [-0.39, 0.29) is 5.69 Å². The number of benzene rings is 1. The van der Waals surface area contributed by atoms with Crippen LogP contribution in [-0.4, -0.2) is 29.9 Å². The molecular formula is C19H25N3O3. The minimum absolute atomic E-state index is 0.0341. The van der Waals surface area contributed by atoms with Crippen molar-refractivity contribution in [2.24, 2.45) is 12.0 Å². The summed E-state index contributed by atoms with van der Waals surface area (Å²) in [6.45, 7) is 3.51. The number of aryl methyl sites for hydroxylation is 1. The molecule has 0 fully saturated rings. The van der Waals surface area contributed by atoms with Crippen molar-refractivity contribution in [2.45, 2.75) is 32.7 Å². The molecule has 1 aliphatic rings. The Morgan fingerprint density at radius 2 is 1.88 bits per heavy atom. The Morgan fingerprint density at radius 3 is 2.56 bits per heavy atom.